The molecule has 0 saturated heterocycles. The predicted octanol–water partition coefficient (Wildman–Crippen LogP) is 4.95. The molecule has 0 fully saturated rings. The fourth-order valence-electron chi connectivity index (χ4n) is 3.56. The average Bonchev–Trinajstić information content (AvgIpc) is 3.21. The van der Waals surface area contributed by atoms with Gasteiger partial charge in [0.2, 0.25) is 0 Å². The number of rotatable bonds is 5. The highest BCUT2D eigenvalue weighted by molar-refractivity contribution is 6.18. The van der Waals surface area contributed by atoms with Crippen LogP contribution in [0.1, 0.15) is 21.5 Å². The number of carbonyl (C=O) groups excluding carboxylic acids is 1. The number of benzene rings is 2. The molecule has 29 heavy (non-hydrogen) atoms. The topological polar surface area (TPSA) is 70.7 Å². The van der Waals surface area contributed by atoms with Crippen LogP contribution in [0.2, 0.25) is 0 Å². The molecule has 0 aliphatic heterocycles. The molecule has 0 unspecified atom stereocenters. The van der Waals surface area contributed by atoms with Gasteiger partial charge in [0, 0.05) is 52.7 Å². The number of fused-ring (bicyclic) bond motifs is 2. The molecule has 0 atom stereocenters. The van der Waals surface area contributed by atoms with Crippen molar-refractivity contribution < 1.29 is 4.79 Å². The lowest BCUT2D eigenvalue weighted by atomic mass is 10.0. The van der Waals surface area contributed by atoms with Crippen LogP contribution in [0.5, 0.6) is 0 Å². The largest absolute Gasteiger partial charge is 0.380 e. The summed E-state index contributed by atoms with van der Waals surface area (Å²) < 4.78 is 0. The SMILES string of the molecule is O=C(c1ccccc1NCc1ccc2ncccc2c1)c1c[nH]c2ncccc12. The van der Waals surface area contributed by atoms with E-state index >= 15 is 0 Å². The Hall–Kier alpha value is -3.99. The number of para-hydroxylation sites is 1. The predicted molar refractivity (Wildman–Crippen MR) is 115 cm³/mol. The molecule has 0 aliphatic rings. The average molecular weight is 378 g/mol. The number of hydrogen-bond acceptors (Lipinski definition) is 4. The maximum atomic E-state index is 13.2. The van der Waals surface area contributed by atoms with Gasteiger partial charge in [-0.05, 0) is 48.0 Å². The number of H-pyrrole nitrogens is 1. The summed E-state index contributed by atoms with van der Waals surface area (Å²) in [6, 6.07) is 21.5. The number of aromatic nitrogens is 3. The normalized spacial score (nSPS) is 11.0. The molecule has 5 nitrogen and oxygen atoms in total. The second-order valence-electron chi connectivity index (χ2n) is 6.86. The molecule has 5 rings (SSSR count). The van der Waals surface area contributed by atoms with Gasteiger partial charge in [0.25, 0.3) is 0 Å². The zero-order valence-corrected chi connectivity index (χ0v) is 15.6. The third-order valence-electron chi connectivity index (χ3n) is 5.02. The van der Waals surface area contributed by atoms with Gasteiger partial charge in [-0.25, -0.2) is 4.98 Å². The highest BCUT2D eigenvalue weighted by Gasteiger charge is 2.17. The zero-order valence-electron chi connectivity index (χ0n) is 15.6. The Kier molecular flexibility index (Phi) is 4.26. The minimum absolute atomic E-state index is 0.0324. The Bertz CT molecular complexity index is 1340. The zero-order chi connectivity index (χ0) is 19.6. The fourth-order valence-corrected chi connectivity index (χ4v) is 3.56. The van der Waals surface area contributed by atoms with E-state index in [1.165, 1.54) is 0 Å². The molecule has 3 heterocycles. The van der Waals surface area contributed by atoms with Crippen molar-refractivity contribution in [3.05, 3.63) is 102 Å². The molecule has 0 bridgehead atoms. The number of nitrogens with zero attached hydrogens (tertiary/aromatic N) is 2. The van der Waals surface area contributed by atoms with Gasteiger partial charge in [-0.2, -0.15) is 0 Å². The Labute approximate surface area is 167 Å². The van der Waals surface area contributed by atoms with Gasteiger partial charge >= 0.3 is 0 Å². The maximum absolute atomic E-state index is 13.2. The summed E-state index contributed by atoms with van der Waals surface area (Å²) in [5, 5.41) is 5.35. The maximum Gasteiger partial charge on any atom is 0.197 e. The first-order valence-corrected chi connectivity index (χ1v) is 9.43. The molecular formula is C24H18N4O. The summed E-state index contributed by atoms with van der Waals surface area (Å²) in [4.78, 5) is 24.9. The first-order chi connectivity index (χ1) is 14.3. The quantitative estimate of drug-likeness (QED) is 0.424. The van der Waals surface area contributed by atoms with Crippen LogP contribution >= 0.6 is 0 Å². The van der Waals surface area contributed by atoms with Crippen LogP contribution in [0.15, 0.2) is 85.3 Å². The Balaban J connectivity index is 1.43. The Morgan fingerprint density at radius 1 is 0.897 bits per heavy atom. The molecule has 0 aliphatic carbocycles. The highest BCUT2D eigenvalue weighted by atomic mass is 16.1. The minimum Gasteiger partial charge on any atom is -0.380 e. The van der Waals surface area contributed by atoms with Crippen molar-refractivity contribution in [2.24, 2.45) is 0 Å². The van der Waals surface area contributed by atoms with E-state index in [9.17, 15) is 4.79 Å². The lowest BCUT2D eigenvalue weighted by molar-refractivity contribution is 0.104. The van der Waals surface area contributed by atoms with Gasteiger partial charge in [0.1, 0.15) is 5.65 Å². The number of anilines is 1. The molecule has 140 valence electrons. The van der Waals surface area contributed by atoms with E-state index < -0.39 is 0 Å². The summed E-state index contributed by atoms with van der Waals surface area (Å²) >= 11 is 0. The van der Waals surface area contributed by atoms with E-state index in [4.69, 9.17) is 0 Å². The first kappa shape index (κ1) is 17.1. The monoisotopic (exact) mass is 378 g/mol. The van der Waals surface area contributed by atoms with Crippen molar-refractivity contribution in [3.8, 4) is 0 Å². The molecule has 3 aromatic heterocycles. The van der Waals surface area contributed by atoms with E-state index in [2.05, 4.69) is 32.4 Å². The molecular weight excluding hydrogens is 360 g/mol. The Morgan fingerprint density at radius 2 is 1.76 bits per heavy atom. The van der Waals surface area contributed by atoms with Crippen molar-refractivity contribution in [2.75, 3.05) is 5.32 Å². The molecule has 5 aromatic rings. The summed E-state index contributed by atoms with van der Waals surface area (Å²) in [5.41, 5.74) is 4.88. The van der Waals surface area contributed by atoms with Crippen LogP contribution in [0.3, 0.4) is 0 Å². The van der Waals surface area contributed by atoms with Gasteiger partial charge in [-0.15, -0.1) is 0 Å². The molecule has 2 aromatic carbocycles. The molecule has 0 spiro atoms. The highest BCUT2D eigenvalue weighted by Crippen LogP contribution is 2.24. The van der Waals surface area contributed by atoms with Gasteiger partial charge in [0.05, 0.1) is 5.52 Å². The number of aromatic amines is 1. The number of carbonyl (C=O) groups is 1. The minimum atomic E-state index is -0.0324. The number of ketones is 1. The van der Waals surface area contributed by atoms with E-state index in [0.717, 1.165) is 27.5 Å². The van der Waals surface area contributed by atoms with Crippen molar-refractivity contribution in [3.63, 3.8) is 0 Å². The molecule has 5 heteroatoms. The second-order valence-corrected chi connectivity index (χ2v) is 6.86. The summed E-state index contributed by atoms with van der Waals surface area (Å²) in [6.07, 6.45) is 5.23. The van der Waals surface area contributed by atoms with Crippen LogP contribution in [0.25, 0.3) is 21.9 Å². The van der Waals surface area contributed by atoms with E-state index in [1.54, 1.807) is 18.6 Å². The lowest BCUT2D eigenvalue weighted by Gasteiger charge is -2.12. The van der Waals surface area contributed by atoms with E-state index in [-0.39, 0.29) is 5.78 Å². The van der Waals surface area contributed by atoms with Crippen molar-refractivity contribution in [1.82, 2.24) is 15.0 Å². The van der Waals surface area contributed by atoms with Gasteiger partial charge in [0.15, 0.2) is 5.78 Å². The lowest BCUT2D eigenvalue weighted by Crippen LogP contribution is -2.07. The summed E-state index contributed by atoms with van der Waals surface area (Å²) in [5.74, 6) is -0.0324. The summed E-state index contributed by atoms with van der Waals surface area (Å²) in [7, 11) is 0. The molecule has 2 N–H and O–H groups in total. The van der Waals surface area contributed by atoms with Crippen LogP contribution in [0, 0.1) is 0 Å². The van der Waals surface area contributed by atoms with Gasteiger partial charge < -0.3 is 10.3 Å². The van der Waals surface area contributed by atoms with E-state index in [0.29, 0.717) is 23.3 Å². The smallest absolute Gasteiger partial charge is 0.197 e. The third kappa shape index (κ3) is 3.23. The van der Waals surface area contributed by atoms with Crippen molar-refractivity contribution in [2.45, 2.75) is 6.54 Å². The number of pyridine rings is 2. The van der Waals surface area contributed by atoms with Crippen molar-refractivity contribution >= 4 is 33.4 Å². The number of nitrogens with one attached hydrogen (secondary N) is 2. The molecule has 0 amide bonds. The first-order valence-electron chi connectivity index (χ1n) is 9.43. The van der Waals surface area contributed by atoms with Crippen LogP contribution in [0.4, 0.5) is 5.69 Å². The van der Waals surface area contributed by atoms with Crippen LogP contribution < -0.4 is 5.32 Å². The standard InChI is InChI=1S/C24H18N4O/c29-23(20-15-28-24-18(20)7-4-12-26-24)19-6-1-2-8-22(19)27-14-16-9-10-21-17(13-16)5-3-11-25-21/h1-13,15,27H,14H2,(H,26,28). The third-order valence-corrected chi connectivity index (χ3v) is 5.02. The second kappa shape index (κ2) is 7.20. The van der Waals surface area contributed by atoms with E-state index in [1.807, 2.05) is 54.6 Å². The van der Waals surface area contributed by atoms with Crippen molar-refractivity contribution in [1.29, 1.82) is 0 Å². The fraction of sp³-hybridized carbons (Fsp3) is 0.0417. The van der Waals surface area contributed by atoms with Crippen LogP contribution in [-0.4, -0.2) is 20.7 Å². The molecule has 0 saturated carbocycles. The number of hydrogen-bond donors (Lipinski definition) is 2. The van der Waals surface area contributed by atoms with Gasteiger partial charge in [-0.3, -0.25) is 9.78 Å². The molecule has 0 radical (unpaired) electrons. The Morgan fingerprint density at radius 3 is 2.72 bits per heavy atom. The summed E-state index contributed by atoms with van der Waals surface area (Å²) in [6.45, 7) is 0.616. The van der Waals surface area contributed by atoms with Gasteiger partial charge in [-0.1, -0.05) is 24.3 Å². The van der Waals surface area contributed by atoms with Crippen LogP contribution in [-0.2, 0) is 6.54 Å².